The molecule has 0 bridgehead atoms. The summed E-state index contributed by atoms with van der Waals surface area (Å²) in [4.78, 5) is 15.4. The predicted molar refractivity (Wildman–Crippen MR) is 58.5 cm³/mol. The van der Waals surface area contributed by atoms with E-state index in [-0.39, 0.29) is 0 Å². The standard InChI is InChI=1S/C10H14N4O/c1-4-5-6-14-7(2)13-10(12-3)8(14)9(11)15/h12H,6H2,1-3H3,(H2,11,15). The first kappa shape index (κ1) is 11.1. The van der Waals surface area contributed by atoms with Crippen molar-refractivity contribution in [1.82, 2.24) is 9.55 Å². The molecule has 0 aromatic carbocycles. The molecular weight excluding hydrogens is 192 g/mol. The van der Waals surface area contributed by atoms with Gasteiger partial charge in [-0.1, -0.05) is 5.92 Å². The van der Waals surface area contributed by atoms with E-state index in [1.807, 2.05) is 6.92 Å². The molecule has 1 aromatic rings. The molecule has 0 aliphatic heterocycles. The molecule has 3 N–H and O–H groups in total. The van der Waals surface area contributed by atoms with Crippen LogP contribution in [0.4, 0.5) is 5.82 Å². The molecule has 0 spiro atoms. The average Bonchev–Trinajstić information content (AvgIpc) is 2.52. The highest BCUT2D eigenvalue weighted by molar-refractivity contribution is 5.96. The zero-order chi connectivity index (χ0) is 11.4. The third kappa shape index (κ3) is 2.10. The fourth-order valence-electron chi connectivity index (χ4n) is 1.34. The van der Waals surface area contributed by atoms with E-state index in [4.69, 9.17) is 5.73 Å². The molecule has 5 heteroatoms. The maximum Gasteiger partial charge on any atom is 0.269 e. The molecule has 1 amide bonds. The smallest absolute Gasteiger partial charge is 0.269 e. The van der Waals surface area contributed by atoms with Gasteiger partial charge >= 0.3 is 0 Å². The number of carbonyl (C=O) groups excluding carboxylic acids is 1. The van der Waals surface area contributed by atoms with Gasteiger partial charge in [-0.25, -0.2) is 4.98 Å². The van der Waals surface area contributed by atoms with Crippen LogP contribution < -0.4 is 11.1 Å². The van der Waals surface area contributed by atoms with Crippen LogP contribution in [0, 0.1) is 18.8 Å². The Balaban J connectivity index is 3.26. The van der Waals surface area contributed by atoms with Gasteiger partial charge in [0.25, 0.3) is 5.91 Å². The van der Waals surface area contributed by atoms with Gasteiger partial charge in [-0.2, -0.15) is 0 Å². The third-order valence-electron chi connectivity index (χ3n) is 2.04. The van der Waals surface area contributed by atoms with E-state index in [0.29, 0.717) is 18.1 Å². The summed E-state index contributed by atoms with van der Waals surface area (Å²) >= 11 is 0. The third-order valence-corrected chi connectivity index (χ3v) is 2.04. The van der Waals surface area contributed by atoms with Crippen LogP contribution in [0.2, 0.25) is 0 Å². The SMILES string of the molecule is CC#CCn1c(C)nc(NC)c1C(N)=O. The van der Waals surface area contributed by atoms with Crippen LogP contribution >= 0.6 is 0 Å². The lowest BCUT2D eigenvalue weighted by molar-refractivity contribution is 0.0992. The van der Waals surface area contributed by atoms with Crippen molar-refractivity contribution in [3.63, 3.8) is 0 Å². The normalized spacial score (nSPS) is 9.27. The summed E-state index contributed by atoms with van der Waals surface area (Å²) in [7, 11) is 1.70. The van der Waals surface area contributed by atoms with E-state index in [2.05, 4.69) is 22.1 Å². The Morgan fingerprint density at radius 1 is 1.67 bits per heavy atom. The number of carbonyl (C=O) groups is 1. The molecule has 1 rings (SSSR count). The van der Waals surface area contributed by atoms with Gasteiger partial charge in [0.15, 0.2) is 11.5 Å². The Labute approximate surface area is 88.7 Å². The first-order valence-electron chi connectivity index (χ1n) is 4.56. The van der Waals surface area contributed by atoms with Crippen molar-refractivity contribution in [2.75, 3.05) is 12.4 Å². The van der Waals surface area contributed by atoms with Crippen LogP contribution in [0.25, 0.3) is 0 Å². The van der Waals surface area contributed by atoms with E-state index in [0.717, 1.165) is 5.82 Å². The Morgan fingerprint density at radius 2 is 2.33 bits per heavy atom. The lowest BCUT2D eigenvalue weighted by Gasteiger charge is -2.04. The first-order valence-corrected chi connectivity index (χ1v) is 4.56. The second kappa shape index (κ2) is 4.51. The number of nitrogens with zero attached hydrogens (tertiary/aromatic N) is 2. The highest BCUT2D eigenvalue weighted by Crippen LogP contribution is 2.15. The van der Waals surface area contributed by atoms with Crippen LogP contribution in [0.1, 0.15) is 23.2 Å². The predicted octanol–water partition coefficient (Wildman–Crippen LogP) is 0.355. The van der Waals surface area contributed by atoms with Crippen LogP contribution in [0.15, 0.2) is 0 Å². The largest absolute Gasteiger partial charge is 0.371 e. The van der Waals surface area contributed by atoms with E-state index in [1.165, 1.54) is 0 Å². The highest BCUT2D eigenvalue weighted by atomic mass is 16.1. The Bertz CT molecular complexity index is 436. The van der Waals surface area contributed by atoms with E-state index in [9.17, 15) is 4.79 Å². The number of anilines is 1. The minimum atomic E-state index is -0.502. The number of aromatic nitrogens is 2. The molecule has 15 heavy (non-hydrogen) atoms. The molecule has 0 atom stereocenters. The van der Waals surface area contributed by atoms with E-state index < -0.39 is 5.91 Å². The van der Waals surface area contributed by atoms with Gasteiger partial charge in [-0.15, -0.1) is 5.92 Å². The van der Waals surface area contributed by atoms with Crippen LogP contribution in [0.5, 0.6) is 0 Å². The number of primary amides is 1. The van der Waals surface area contributed by atoms with Crippen molar-refractivity contribution >= 4 is 11.7 Å². The van der Waals surface area contributed by atoms with Gasteiger partial charge in [0.05, 0.1) is 6.54 Å². The summed E-state index contributed by atoms with van der Waals surface area (Å²) in [5, 5.41) is 2.83. The maximum absolute atomic E-state index is 11.3. The van der Waals surface area contributed by atoms with Crippen molar-refractivity contribution < 1.29 is 4.79 Å². The molecule has 0 radical (unpaired) electrons. The fraction of sp³-hybridized carbons (Fsp3) is 0.400. The second-order valence-corrected chi connectivity index (χ2v) is 2.98. The number of hydrogen-bond acceptors (Lipinski definition) is 3. The van der Waals surface area contributed by atoms with Gasteiger partial charge in [-0.05, 0) is 13.8 Å². The minimum Gasteiger partial charge on any atom is -0.371 e. The summed E-state index contributed by atoms with van der Waals surface area (Å²) in [5.74, 6) is 6.36. The molecular formula is C10H14N4O. The monoisotopic (exact) mass is 206 g/mol. The van der Waals surface area contributed by atoms with Gasteiger partial charge in [0, 0.05) is 7.05 Å². The molecule has 0 unspecified atom stereocenters. The van der Waals surface area contributed by atoms with Crippen molar-refractivity contribution in [2.45, 2.75) is 20.4 Å². The topological polar surface area (TPSA) is 72.9 Å². The fourth-order valence-corrected chi connectivity index (χ4v) is 1.34. The maximum atomic E-state index is 11.3. The average molecular weight is 206 g/mol. The van der Waals surface area contributed by atoms with Gasteiger partial charge in [0.2, 0.25) is 0 Å². The van der Waals surface area contributed by atoms with Crippen molar-refractivity contribution in [2.24, 2.45) is 5.73 Å². The van der Waals surface area contributed by atoms with E-state index in [1.54, 1.807) is 18.5 Å². The Morgan fingerprint density at radius 3 is 2.80 bits per heavy atom. The van der Waals surface area contributed by atoms with Crippen LogP contribution in [0.3, 0.4) is 0 Å². The minimum absolute atomic E-state index is 0.373. The van der Waals surface area contributed by atoms with Crippen molar-refractivity contribution in [3.8, 4) is 11.8 Å². The van der Waals surface area contributed by atoms with Gasteiger partial charge < -0.3 is 15.6 Å². The summed E-state index contributed by atoms with van der Waals surface area (Å²) in [6.07, 6.45) is 0. The zero-order valence-corrected chi connectivity index (χ0v) is 9.09. The van der Waals surface area contributed by atoms with Gasteiger partial charge in [0.1, 0.15) is 5.82 Å². The van der Waals surface area contributed by atoms with E-state index >= 15 is 0 Å². The Hall–Kier alpha value is -1.96. The number of nitrogens with two attached hydrogens (primary N) is 1. The van der Waals surface area contributed by atoms with Crippen molar-refractivity contribution in [1.29, 1.82) is 0 Å². The molecule has 0 saturated carbocycles. The Kier molecular flexibility index (Phi) is 3.34. The summed E-state index contributed by atoms with van der Waals surface area (Å²) in [6.45, 7) is 3.98. The molecule has 80 valence electrons. The molecule has 0 fully saturated rings. The van der Waals surface area contributed by atoms with Gasteiger partial charge in [-0.3, -0.25) is 4.79 Å². The number of aryl methyl sites for hydroxylation is 1. The zero-order valence-electron chi connectivity index (χ0n) is 9.09. The lowest BCUT2D eigenvalue weighted by atomic mass is 10.4. The molecule has 0 saturated heterocycles. The first-order chi connectivity index (χ1) is 7.11. The number of amides is 1. The summed E-state index contributed by atoms with van der Waals surface area (Å²) in [6, 6.07) is 0. The van der Waals surface area contributed by atoms with Crippen LogP contribution in [-0.2, 0) is 6.54 Å². The summed E-state index contributed by atoms with van der Waals surface area (Å²) < 4.78 is 1.70. The van der Waals surface area contributed by atoms with Crippen molar-refractivity contribution in [3.05, 3.63) is 11.5 Å². The highest BCUT2D eigenvalue weighted by Gasteiger charge is 2.17. The molecule has 5 nitrogen and oxygen atoms in total. The lowest BCUT2D eigenvalue weighted by Crippen LogP contribution is -2.18. The molecule has 0 aliphatic rings. The second-order valence-electron chi connectivity index (χ2n) is 2.98. The number of rotatable bonds is 3. The molecule has 1 aromatic heterocycles. The number of nitrogens with one attached hydrogen (secondary N) is 1. The number of hydrogen-bond donors (Lipinski definition) is 2. The summed E-state index contributed by atoms with van der Waals surface area (Å²) in [5.41, 5.74) is 5.66. The molecule has 1 heterocycles. The quantitative estimate of drug-likeness (QED) is 0.701. The molecule has 0 aliphatic carbocycles. The van der Waals surface area contributed by atoms with Crippen LogP contribution in [-0.4, -0.2) is 22.5 Å². The number of imidazole rings is 1.